The minimum absolute atomic E-state index is 0.180. The summed E-state index contributed by atoms with van der Waals surface area (Å²) in [7, 11) is 0. The van der Waals surface area contributed by atoms with E-state index in [0.717, 1.165) is 12.0 Å². The zero-order chi connectivity index (χ0) is 22.3. The van der Waals surface area contributed by atoms with Gasteiger partial charge >= 0.3 is 6.03 Å². The topological polar surface area (TPSA) is 90.5 Å². The van der Waals surface area contributed by atoms with Gasteiger partial charge in [0.15, 0.2) is 0 Å². The number of amides is 4. The van der Waals surface area contributed by atoms with E-state index < -0.39 is 0 Å². The lowest BCUT2D eigenvalue weighted by Crippen LogP contribution is -2.28. The standard InChI is InChI=1S/C25H24N4O3/c30-23(19-9-6-10-20(17-19)29-16-15-27-25(29)32)28-22-12-5-4-11-21(22)24(31)26-14-13-18-7-2-1-3-8-18/h1-12,17H,13-16H2,(H,26,31)(H,27,32)(H,28,30). The first-order valence-corrected chi connectivity index (χ1v) is 10.5. The Kier molecular flexibility index (Phi) is 6.46. The van der Waals surface area contributed by atoms with Crippen LogP contribution in [-0.4, -0.2) is 37.5 Å². The van der Waals surface area contributed by atoms with Crippen LogP contribution in [0, 0.1) is 0 Å². The largest absolute Gasteiger partial charge is 0.352 e. The molecular formula is C25H24N4O3. The number of urea groups is 1. The van der Waals surface area contributed by atoms with E-state index in [1.165, 1.54) is 0 Å². The van der Waals surface area contributed by atoms with Crippen molar-refractivity contribution in [3.8, 4) is 0 Å². The van der Waals surface area contributed by atoms with Crippen molar-refractivity contribution in [1.82, 2.24) is 10.6 Å². The molecule has 0 radical (unpaired) electrons. The number of nitrogens with one attached hydrogen (secondary N) is 3. The molecule has 1 aliphatic rings. The average Bonchev–Trinajstić information content (AvgIpc) is 3.26. The van der Waals surface area contributed by atoms with Crippen LogP contribution in [0.25, 0.3) is 0 Å². The van der Waals surface area contributed by atoms with E-state index in [1.54, 1.807) is 53.4 Å². The minimum Gasteiger partial charge on any atom is -0.352 e. The molecule has 0 spiro atoms. The van der Waals surface area contributed by atoms with Crippen molar-refractivity contribution in [3.05, 3.63) is 95.6 Å². The number of hydrogen-bond acceptors (Lipinski definition) is 3. The number of rotatable bonds is 7. The highest BCUT2D eigenvalue weighted by atomic mass is 16.2. The van der Waals surface area contributed by atoms with Crippen molar-refractivity contribution in [3.63, 3.8) is 0 Å². The number of nitrogens with zero attached hydrogens (tertiary/aromatic N) is 1. The van der Waals surface area contributed by atoms with E-state index in [2.05, 4.69) is 16.0 Å². The minimum atomic E-state index is -0.351. The predicted octanol–water partition coefficient (Wildman–Crippen LogP) is 3.44. The van der Waals surface area contributed by atoms with Gasteiger partial charge in [-0.3, -0.25) is 14.5 Å². The van der Waals surface area contributed by atoms with Gasteiger partial charge in [0, 0.05) is 30.9 Å². The maximum atomic E-state index is 12.9. The first-order valence-electron chi connectivity index (χ1n) is 10.5. The molecule has 4 amide bonds. The van der Waals surface area contributed by atoms with E-state index in [4.69, 9.17) is 0 Å². The molecule has 3 aromatic rings. The molecule has 4 rings (SSSR count). The van der Waals surface area contributed by atoms with E-state index in [9.17, 15) is 14.4 Å². The summed E-state index contributed by atoms with van der Waals surface area (Å²) in [6.45, 7) is 1.61. The second-order valence-corrected chi connectivity index (χ2v) is 7.43. The predicted molar refractivity (Wildman–Crippen MR) is 124 cm³/mol. The lowest BCUT2D eigenvalue weighted by molar-refractivity contribution is 0.0955. The Balaban J connectivity index is 1.43. The van der Waals surface area contributed by atoms with Crippen LogP contribution >= 0.6 is 0 Å². The van der Waals surface area contributed by atoms with Crippen LogP contribution in [0.3, 0.4) is 0 Å². The summed E-state index contributed by atoms with van der Waals surface area (Å²) < 4.78 is 0. The fraction of sp³-hybridized carbons (Fsp3) is 0.160. The van der Waals surface area contributed by atoms with Crippen LogP contribution in [0.4, 0.5) is 16.2 Å². The highest BCUT2D eigenvalue weighted by molar-refractivity contribution is 6.09. The van der Waals surface area contributed by atoms with Gasteiger partial charge in [0.05, 0.1) is 11.3 Å². The van der Waals surface area contributed by atoms with Gasteiger partial charge in [-0.25, -0.2) is 4.79 Å². The Morgan fingerprint density at radius 3 is 2.47 bits per heavy atom. The molecule has 7 nitrogen and oxygen atoms in total. The summed E-state index contributed by atoms with van der Waals surface area (Å²) in [5.74, 6) is -0.602. The summed E-state index contributed by atoms with van der Waals surface area (Å²) in [4.78, 5) is 39.1. The Morgan fingerprint density at radius 1 is 0.906 bits per heavy atom. The first-order chi connectivity index (χ1) is 15.6. The first kappa shape index (κ1) is 21.1. The molecule has 162 valence electrons. The maximum absolute atomic E-state index is 12.9. The van der Waals surface area contributed by atoms with Crippen LogP contribution < -0.4 is 20.9 Å². The van der Waals surface area contributed by atoms with Gasteiger partial charge in [0.1, 0.15) is 0 Å². The second-order valence-electron chi connectivity index (χ2n) is 7.43. The van der Waals surface area contributed by atoms with Gasteiger partial charge in [-0.05, 0) is 42.3 Å². The van der Waals surface area contributed by atoms with Gasteiger partial charge in [-0.15, -0.1) is 0 Å². The zero-order valence-electron chi connectivity index (χ0n) is 17.5. The van der Waals surface area contributed by atoms with Gasteiger partial charge in [-0.1, -0.05) is 48.5 Å². The Hall–Kier alpha value is -4.13. The molecular weight excluding hydrogens is 404 g/mol. The molecule has 0 aliphatic carbocycles. The Bertz CT molecular complexity index is 1130. The number of anilines is 2. The monoisotopic (exact) mass is 428 g/mol. The van der Waals surface area contributed by atoms with Gasteiger partial charge in [0.25, 0.3) is 11.8 Å². The molecule has 0 aromatic heterocycles. The third kappa shape index (κ3) is 4.95. The van der Waals surface area contributed by atoms with E-state index in [-0.39, 0.29) is 17.8 Å². The van der Waals surface area contributed by atoms with E-state index >= 15 is 0 Å². The third-order valence-electron chi connectivity index (χ3n) is 5.24. The smallest absolute Gasteiger partial charge is 0.321 e. The van der Waals surface area contributed by atoms with Crippen LogP contribution in [0.2, 0.25) is 0 Å². The Labute approximate surface area is 186 Å². The summed E-state index contributed by atoms with van der Waals surface area (Å²) in [5.41, 5.74) is 3.02. The molecule has 1 heterocycles. The molecule has 1 saturated heterocycles. The van der Waals surface area contributed by atoms with Crippen molar-refractivity contribution in [2.75, 3.05) is 29.9 Å². The lowest BCUT2D eigenvalue weighted by atomic mass is 10.1. The number of para-hydroxylation sites is 1. The lowest BCUT2D eigenvalue weighted by Gasteiger charge is -2.16. The maximum Gasteiger partial charge on any atom is 0.321 e. The summed E-state index contributed by atoms with van der Waals surface area (Å²) >= 11 is 0. The van der Waals surface area contributed by atoms with Gasteiger partial charge in [-0.2, -0.15) is 0 Å². The zero-order valence-corrected chi connectivity index (χ0v) is 17.5. The molecule has 7 heteroatoms. The van der Waals surface area contributed by atoms with E-state index in [0.29, 0.717) is 42.1 Å². The highest BCUT2D eigenvalue weighted by Crippen LogP contribution is 2.20. The van der Waals surface area contributed by atoms with Crippen molar-refractivity contribution < 1.29 is 14.4 Å². The number of hydrogen-bond donors (Lipinski definition) is 3. The molecule has 3 N–H and O–H groups in total. The van der Waals surface area contributed by atoms with Crippen LogP contribution in [-0.2, 0) is 6.42 Å². The normalized spacial score (nSPS) is 12.9. The number of carbonyl (C=O) groups is 3. The number of benzene rings is 3. The second kappa shape index (κ2) is 9.78. The molecule has 0 saturated carbocycles. The molecule has 1 fully saturated rings. The highest BCUT2D eigenvalue weighted by Gasteiger charge is 2.22. The fourth-order valence-corrected chi connectivity index (χ4v) is 3.58. The fourth-order valence-electron chi connectivity index (χ4n) is 3.58. The van der Waals surface area contributed by atoms with Gasteiger partial charge < -0.3 is 16.0 Å². The Morgan fingerprint density at radius 2 is 1.69 bits per heavy atom. The van der Waals surface area contributed by atoms with Crippen LogP contribution in [0.1, 0.15) is 26.3 Å². The SMILES string of the molecule is O=C(Nc1ccccc1C(=O)NCCc1ccccc1)c1cccc(N2CCNC2=O)c1. The van der Waals surface area contributed by atoms with Crippen LogP contribution in [0.15, 0.2) is 78.9 Å². The van der Waals surface area contributed by atoms with Crippen molar-refractivity contribution >= 4 is 29.2 Å². The summed E-state index contributed by atoms with van der Waals surface area (Å²) in [6, 6.07) is 23.5. The average molecular weight is 428 g/mol. The quantitative estimate of drug-likeness (QED) is 0.538. The molecule has 1 aliphatic heterocycles. The van der Waals surface area contributed by atoms with Crippen molar-refractivity contribution in [2.24, 2.45) is 0 Å². The molecule has 32 heavy (non-hydrogen) atoms. The van der Waals surface area contributed by atoms with Crippen molar-refractivity contribution in [1.29, 1.82) is 0 Å². The summed E-state index contributed by atoms with van der Waals surface area (Å²) in [6.07, 6.45) is 0.720. The molecule has 0 unspecified atom stereocenters. The summed E-state index contributed by atoms with van der Waals surface area (Å²) in [5, 5.41) is 8.48. The molecule has 0 atom stereocenters. The molecule has 0 bridgehead atoms. The molecule has 3 aromatic carbocycles. The van der Waals surface area contributed by atoms with Gasteiger partial charge in [0.2, 0.25) is 0 Å². The van der Waals surface area contributed by atoms with Crippen LogP contribution in [0.5, 0.6) is 0 Å². The third-order valence-corrected chi connectivity index (χ3v) is 5.24. The number of carbonyl (C=O) groups excluding carboxylic acids is 3. The van der Waals surface area contributed by atoms with Crippen molar-refractivity contribution in [2.45, 2.75) is 6.42 Å². The van der Waals surface area contributed by atoms with E-state index in [1.807, 2.05) is 30.3 Å².